The number of carbonyl (C=O) groups excluding carboxylic acids is 2. The van der Waals surface area contributed by atoms with E-state index in [4.69, 9.17) is 16.6 Å². The lowest BCUT2D eigenvalue weighted by Crippen LogP contribution is -2.35. The highest BCUT2D eigenvalue weighted by atomic mass is 35.5. The van der Waals surface area contributed by atoms with Gasteiger partial charge in [0.1, 0.15) is 47.5 Å². The summed E-state index contributed by atoms with van der Waals surface area (Å²) in [5.74, 6) is -3.64. The van der Waals surface area contributed by atoms with Crippen molar-refractivity contribution in [2.75, 3.05) is 11.9 Å². The Balaban J connectivity index is 1.38. The van der Waals surface area contributed by atoms with Gasteiger partial charge in [-0.05, 0) is 74.4 Å². The molecule has 0 saturated heterocycles. The van der Waals surface area contributed by atoms with E-state index in [1.165, 1.54) is 30.7 Å². The largest absolute Gasteiger partial charge is 0.387 e. The molecule has 2 aromatic carbocycles. The van der Waals surface area contributed by atoms with Gasteiger partial charge in [0.15, 0.2) is 5.82 Å². The van der Waals surface area contributed by atoms with Crippen LogP contribution < -0.4 is 10.6 Å². The summed E-state index contributed by atoms with van der Waals surface area (Å²) in [6, 6.07) is 7.58. The number of alkyl halides is 4. The van der Waals surface area contributed by atoms with Crippen molar-refractivity contribution in [2.24, 2.45) is 13.0 Å². The third kappa shape index (κ3) is 7.31. The fraction of sp³-hybridized carbons (Fsp3) is 0.342. The molecule has 292 valence electrons. The van der Waals surface area contributed by atoms with Crippen LogP contribution in [0.4, 0.5) is 32.2 Å². The highest BCUT2D eigenvalue weighted by Crippen LogP contribution is 2.68. The Bertz CT molecular complexity index is 2470. The smallest absolute Gasteiger partial charge is 0.293 e. The number of halogens is 7. The summed E-state index contributed by atoms with van der Waals surface area (Å²) in [7, 11) is 1.55. The summed E-state index contributed by atoms with van der Waals surface area (Å²) in [5, 5.41) is 33.4. The molecule has 0 radical (unpaired) electrons. The molecule has 0 spiro atoms. The third-order valence-corrected chi connectivity index (χ3v) is 9.85. The lowest BCUT2D eigenvalue weighted by molar-refractivity contribution is -0.123. The Kier molecular flexibility index (Phi) is 9.88. The molecule has 11 nitrogen and oxygen atoms in total. The van der Waals surface area contributed by atoms with Crippen molar-refractivity contribution in [1.82, 2.24) is 29.9 Å². The number of nitrogens with one attached hydrogen (secondary N) is 2. The summed E-state index contributed by atoms with van der Waals surface area (Å²) in [6.45, 7) is 1.12. The molecule has 3 heterocycles. The van der Waals surface area contributed by atoms with Gasteiger partial charge in [0.2, 0.25) is 5.91 Å². The molecule has 1 fully saturated rings. The SMILES string of the molecule is Cn1nc(NC(=O)CO)c2c(Cl)ccc(-c3ccc(C#CC(C)(C)O)nc3C(Cc3cc(F)cc(F)c3)NC(=O)Cn3nc(C(F)F)c4c3C(F)(F)[C@@H]3C[C@H]43)c21. The van der Waals surface area contributed by atoms with Crippen LogP contribution in [0.2, 0.25) is 5.02 Å². The number of aliphatic hydroxyl groups is 2. The average Bonchev–Trinajstić information content (AvgIpc) is 3.65. The highest BCUT2D eigenvalue weighted by Gasteiger charge is 2.67. The molecule has 0 bridgehead atoms. The number of hydrogen-bond donors (Lipinski definition) is 4. The maximum absolute atomic E-state index is 15.4. The molecular weight excluding hydrogens is 768 g/mol. The van der Waals surface area contributed by atoms with Gasteiger partial charge >= 0.3 is 0 Å². The number of aliphatic hydroxyl groups excluding tert-OH is 1. The third-order valence-electron chi connectivity index (χ3n) is 9.54. The Morgan fingerprint density at radius 1 is 1.05 bits per heavy atom. The van der Waals surface area contributed by atoms with E-state index >= 15 is 8.78 Å². The molecule has 2 aliphatic carbocycles. The molecule has 3 atom stereocenters. The van der Waals surface area contributed by atoms with Gasteiger partial charge in [-0.1, -0.05) is 23.6 Å². The normalized spacial score (nSPS) is 17.3. The van der Waals surface area contributed by atoms with Crippen LogP contribution in [-0.2, 0) is 35.5 Å². The predicted molar refractivity (Wildman–Crippen MR) is 191 cm³/mol. The van der Waals surface area contributed by atoms with E-state index in [1.807, 2.05) is 0 Å². The Morgan fingerprint density at radius 2 is 1.75 bits per heavy atom. The molecule has 18 heteroatoms. The number of nitrogens with zero attached hydrogens (tertiary/aromatic N) is 5. The molecule has 5 aromatic rings. The minimum Gasteiger partial charge on any atom is -0.387 e. The van der Waals surface area contributed by atoms with Gasteiger partial charge in [0.25, 0.3) is 18.3 Å². The first kappa shape index (κ1) is 38.8. The second-order valence-corrected chi connectivity index (χ2v) is 14.6. The Morgan fingerprint density at radius 3 is 2.41 bits per heavy atom. The van der Waals surface area contributed by atoms with Crippen molar-refractivity contribution in [3.8, 4) is 23.0 Å². The predicted octanol–water partition coefficient (Wildman–Crippen LogP) is 6.06. The van der Waals surface area contributed by atoms with Crippen molar-refractivity contribution >= 4 is 40.1 Å². The zero-order valence-corrected chi connectivity index (χ0v) is 30.5. The minimum absolute atomic E-state index is 0.0139. The molecule has 56 heavy (non-hydrogen) atoms. The number of aromatic nitrogens is 5. The lowest BCUT2D eigenvalue weighted by atomic mass is 9.93. The Labute approximate surface area is 319 Å². The molecule has 1 saturated carbocycles. The van der Waals surface area contributed by atoms with Gasteiger partial charge in [-0.15, -0.1) is 0 Å². The van der Waals surface area contributed by atoms with Crippen molar-refractivity contribution in [3.05, 3.63) is 93.0 Å². The highest BCUT2D eigenvalue weighted by molar-refractivity contribution is 6.37. The number of fused-ring (bicyclic) bond motifs is 4. The number of benzene rings is 2. The van der Waals surface area contributed by atoms with E-state index in [0.29, 0.717) is 21.8 Å². The first-order chi connectivity index (χ1) is 26.4. The van der Waals surface area contributed by atoms with Gasteiger partial charge in [-0.3, -0.25) is 19.0 Å². The summed E-state index contributed by atoms with van der Waals surface area (Å²) in [6.07, 6.45) is -3.48. The molecule has 4 N–H and O–H groups in total. The number of anilines is 1. The van der Waals surface area contributed by atoms with Gasteiger partial charge in [-0.2, -0.15) is 19.0 Å². The lowest BCUT2D eigenvalue weighted by Gasteiger charge is -2.23. The van der Waals surface area contributed by atoms with Gasteiger partial charge in [-0.25, -0.2) is 22.5 Å². The van der Waals surface area contributed by atoms with Gasteiger partial charge < -0.3 is 20.8 Å². The molecular formula is C38H32ClF6N7O4. The monoisotopic (exact) mass is 799 g/mol. The summed E-state index contributed by atoms with van der Waals surface area (Å²) in [5.41, 5.74) is -2.08. The van der Waals surface area contributed by atoms with Crippen LogP contribution in [0.5, 0.6) is 0 Å². The molecule has 2 amide bonds. The number of hydrogen-bond acceptors (Lipinski definition) is 7. The zero-order chi connectivity index (χ0) is 40.4. The van der Waals surface area contributed by atoms with Gasteiger partial charge in [0.05, 0.1) is 27.7 Å². The fourth-order valence-corrected chi connectivity index (χ4v) is 7.49. The van der Waals surface area contributed by atoms with E-state index in [2.05, 4.69) is 32.7 Å². The van der Waals surface area contributed by atoms with Gasteiger partial charge in [0, 0.05) is 35.7 Å². The summed E-state index contributed by atoms with van der Waals surface area (Å²) < 4.78 is 89.8. The average molecular weight is 800 g/mol. The first-order valence-corrected chi connectivity index (χ1v) is 17.6. The first-order valence-electron chi connectivity index (χ1n) is 17.2. The van der Waals surface area contributed by atoms with Crippen molar-refractivity contribution < 1.29 is 46.1 Å². The number of aryl methyl sites for hydroxylation is 1. The van der Waals surface area contributed by atoms with E-state index in [9.17, 15) is 37.4 Å². The molecule has 3 aromatic heterocycles. The maximum atomic E-state index is 15.4. The molecule has 7 rings (SSSR count). The topological polar surface area (TPSA) is 147 Å². The molecule has 1 unspecified atom stereocenters. The summed E-state index contributed by atoms with van der Waals surface area (Å²) in [4.78, 5) is 30.8. The van der Waals surface area contributed by atoms with Crippen LogP contribution in [0, 0.1) is 29.4 Å². The van der Waals surface area contributed by atoms with Crippen LogP contribution in [0.3, 0.4) is 0 Å². The summed E-state index contributed by atoms with van der Waals surface area (Å²) >= 11 is 6.59. The molecule has 2 aliphatic rings. The fourth-order valence-electron chi connectivity index (χ4n) is 7.24. The zero-order valence-electron chi connectivity index (χ0n) is 29.8. The van der Waals surface area contributed by atoms with E-state index in [0.717, 1.165) is 12.1 Å². The van der Waals surface area contributed by atoms with Crippen LogP contribution >= 0.6 is 11.6 Å². The van der Waals surface area contributed by atoms with Crippen LogP contribution in [0.25, 0.3) is 22.0 Å². The number of amides is 2. The quantitative estimate of drug-likeness (QED) is 0.0992. The van der Waals surface area contributed by atoms with Crippen molar-refractivity contribution in [1.29, 1.82) is 0 Å². The van der Waals surface area contributed by atoms with Crippen LogP contribution in [-0.4, -0.2) is 58.8 Å². The second-order valence-electron chi connectivity index (χ2n) is 14.2. The van der Waals surface area contributed by atoms with E-state index in [-0.39, 0.29) is 57.1 Å². The van der Waals surface area contributed by atoms with E-state index < -0.39 is 83.8 Å². The molecule has 0 aliphatic heterocycles. The van der Waals surface area contributed by atoms with E-state index in [1.54, 1.807) is 19.2 Å². The van der Waals surface area contributed by atoms with Crippen LogP contribution in [0.15, 0.2) is 42.5 Å². The number of carbonyl (C=O) groups is 2. The second kappa shape index (κ2) is 14.3. The van der Waals surface area contributed by atoms with Crippen LogP contribution in [0.1, 0.15) is 72.6 Å². The maximum Gasteiger partial charge on any atom is 0.293 e. The minimum atomic E-state index is -3.50. The standard InChI is InChI=1S/C38H32ClF6N7O4/c1-37(2,56)9-8-20-4-5-21(22-6-7-25(39)30-33(22)51(3)50-36(30)48-28(55)16-53)31(46-20)26(12-17-10-18(40)13-19(41)11-17)47-27(54)15-52-34-29(32(49-52)35(42)43)23-14-24(23)38(34,44)45/h4-7,10-11,13,23-24,26,35,53,56H,12,14-16H2,1-3H3,(H,47,54)(H,48,50,55)/t23-,24+,26?/m0/s1. The number of pyridine rings is 1. The number of rotatable bonds is 10. The van der Waals surface area contributed by atoms with Crippen molar-refractivity contribution in [3.63, 3.8) is 0 Å². The Hall–Kier alpha value is -5.44. The van der Waals surface area contributed by atoms with Crippen molar-refractivity contribution in [2.45, 2.75) is 63.1 Å².